The summed E-state index contributed by atoms with van der Waals surface area (Å²) in [6, 6.07) is 15.0. The smallest absolute Gasteiger partial charge is 0.155 e. The van der Waals surface area contributed by atoms with Crippen LogP contribution in [0.1, 0.15) is 19.6 Å². The Hall–Kier alpha value is -2.23. The first-order valence-electron chi connectivity index (χ1n) is 7.17. The fraction of sp³-hybridized carbons (Fsp3) is 0.158. The predicted molar refractivity (Wildman–Crippen MR) is 90.1 cm³/mol. The third kappa shape index (κ3) is 5.76. The van der Waals surface area contributed by atoms with E-state index in [0.717, 1.165) is 28.0 Å². The Bertz CT molecular complexity index is 834. The number of aromatic nitrogens is 1. The van der Waals surface area contributed by atoms with E-state index in [1.807, 2.05) is 43.3 Å². The molecule has 0 atom stereocenters. The molecule has 127 valence electrons. The topological polar surface area (TPSA) is 63.3 Å². The van der Waals surface area contributed by atoms with Crippen molar-refractivity contribution in [1.82, 2.24) is 4.98 Å². The van der Waals surface area contributed by atoms with Gasteiger partial charge in [0.25, 0.3) is 0 Å². The summed E-state index contributed by atoms with van der Waals surface area (Å²) in [5.74, 6) is 0.846. The van der Waals surface area contributed by atoms with Gasteiger partial charge in [0.2, 0.25) is 0 Å². The molecule has 3 aromatic rings. The number of aliphatic hydroxyl groups excluding tert-OH is 1. The van der Waals surface area contributed by atoms with Crippen LogP contribution in [0.25, 0.3) is 22.2 Å². The van der Waals surface area contributed by atoms with Crippen molar-refractivity contribution < 1.29 is 34.4 Å². The van der Waals surface area contributed by atoms with Crippen LogP contribution in [0.15, 0.2) is 58.8 Å². The molecule has 0 saturated carbocycles. The molecule has 2 heterocycles. The van der Waals surface area contributed by atoms with Crippen molar-refractivity contribution in [2.24, 2.45) is 0 Å². The maximum atomic E-state index is 10.0. The van der Waals surface area contributed by atoms with Crippen LogP contribution in [-0.2, 0) is 24.9 Å². The van der Waals surface area contributed by atoms with E-state index in [4.69, 9.17) is 9.52 Å². The molecular weight excluding hydrogens is 482 g/mol. The maximum Gasteiger partial charge on any atom is 0.155 e. The molecule has 1 aromatic carbocycles. The summed E-state index contributed by atoms with van der Waals surface area (Å²) >= 11 is 0. The van der Waals surface area contributed by atoms with Crippen molar-refractivity contribution in [3.05, 3.63) is 66.3 Å². The Morgan fingerprint density at radius 3 is 2.58 bits per heavy atom. The Morgan fingerprint density at radius 1 is 1.29 bits per heavy atom. The maximum absolute atomic E-state index is 10.0. The molecule has 2 aromatic heterocycles. The van der Waals surface area contributed by atoms with Crippen molar-refractivity contribution in [2.75, 3.05) is 0 Å². The second-order valence-electron chi connectivity index (χ2n) is 5.14. The Kier molecular flexibility index (Phi) is 7.56. The number of aryl methyl sites for hydroxylation is 1. The first-order chi connectivity index (χ1) is 11.0. The first kappa shape index (κ1) is 19.8. The van der Waals surface area contributed by atoms with Gasteiger partial charge >= 0.3 is 0 Å². The molecule has 1 N–H and O–H groups in total. The van der Waals surface area contributed by atoms with E-state index >= 15 is 0 Å². The average Bonchev–Trinajstić information content (AvgIpc) is 2.86. The van der Waals surface area contributed by atoms with E-state index in [0.29, 0.717) is 0 Å². The van der Waals surface area contributed by atoms with Crippen LogP contribution in [0.2, 0.25) is 0 Å². The van der Waals surface area contributed by atoms with Crippen molar-refractivity contribution in [2.45, 2.75) is 20.8 Å². The summed E-state index contributed by atoms with van der Waals surface area (Å²) in [4.78, 5) is 14.4. The van der Waals surface area contributed by atoms with Crippen molar-refractivity contribution >= 4 is 16.8 Å². The van der Waals surface area contributed by atoms with Gasteiger partial charge in [-0.1, -0.05) is 6.07 Å². The zero-order valence-corrected chi connectivity index (χ0v) is 16.1. The van der Waals surface area contributed by atoms with E-state index in [1.165, 1.54) is 19.9 Å². The number of nitrogens with zero attached hydrogens (tertiary/aromatic N) is 1. The fourth-order valence-electron chi connectivity index (χ4n) is 2.07. The fourth-order valence-corrected chi connectivity index (χ4v) is 2.07. The van der Waals surface area contributed by atoms with Crippen LogP contribution in [0.5, 0.6) is 0 Å². The molecule has 3 rings (SSSR count). The molecule has 5 heteroatoms. The second kappa shape index (κ2) is 9.16. The van der Waals surface area contributed by atoms with Crippen molar-refractivity contribution in [3.63, 3.8) is 0 Å². The number of ketones is 1. The molecule has 0 unspecified atom stereocenters. The number of rotatable bonds is 2. The summed E-state index contributed by atoms with van der Waals surface area (Å²) in [5.41, 5.74) is 2.76. The van der Waals surface area contributed by atoms with Crippen LogP contribution in [0.3, 0.4) is 0 Å². The van der Waals surface area contributed by atoms with Crippen LogP contribution in [0, 0.1) is 13.0 Å². The van der Waals surface area contributed by atoms with E-state index in [2.05, 4.69) is 11.1 Å². The summed E-state index contributed by atoms with van der Waals surface area (Å²) in [6.45, 7) is 4.79. The van der Waals surface area contributed by atoms with Gasteiger partial charge < -0.3 is 14.5 Å². The van der Waals surface area contributed by atoms with Gasteiger partial charge in [0, 0.05) is 31.6 Å². The van der Waals surface area contributed by atoms with Gasteiger partial charge in [0.1, 0.15) is 5.76 Å². The molecular formula is C19H18IrNO3-. The number of fused-ring (bicyclic) bond motifs is 1. The summed E-state index contributed by atoms with van der Waals surface area (Å²) in [6.07, 6.45) is 2.93. The number of hydrogen-bond acceptors (Lipinski definition) is 4. The number of allylic oxidation sites excluding steroid dienone is 2. The molecule has 0 saturated heterocycles. The quantitative estimate of drug-likeness (QED) is 0.316. The normalized spacial score (nSPS) is 10.5. The van der Waals surface area contributed by atoms with Gasteiger partial charge in [-0.15, -0.1) is 35.9 Å². The van der Waals surface area contributed by atoms with Crippen LogP contribution < -0.4 is 0 Å². The molecule has 0 bridgehead atoms. The van der Waals surface area contributed by atoms with E-state index in [9.17, 15) is 4.79 Å². The number of carbonyl (C=O) groups is 1. The Balaban J connectivity index is 0.000000312. The zero-order valence-electron chi connectivity index (χ0n) is 13.7. The minimum Gasteiger partial charge on any atom is -0.512 e. The molecule has 0 aliphatic rings. The van der Waals surface area contributed by atoms with E-state index in [1.54, 1.807) is 6.20 Å². The third-order valence-electron chi connectivity index (χ3n) is 2.92. The summed E-state index contributed by atoms with van der Waals surface area (Å²) in [5, 5.41) is 9.45. The van der Waals surface area contributed by atoms with Crippen LogP contribution in [-0.4, -0.2) is 15.9 Å². The predicted octanol–water partition coefficient (Wildman–Crippen LogP) is 4.64. The van der Waals surface area contributed by atoms with Gasteiger partial charge in [-0.05, 0) is 32.5 Å². The third-order valence-corrected chi connectivity index (χ3v) is 2.92. The number of pyridine rings is 1. The molecule has 0 aliphatic heterocycles. The summed E-state index contributed by atoms with van der Waals surface area (Å²) < 4.78 is 5.49. The molecule has 1 radical (unpaired) electrons. The molecule has 0 aliphatic carbocycles. The molecule has 4 nitrogen and oxygen atoms in total. The number of furan rings is 1. The number of aliphatic hydroxyl groups is 1. The molecule has 0 fully saturated rings. The SMILES string of the molecule is CC(=O)/C=C(/C)O.Cc1cc2cc(-c3[c-]cccc3)ncc2o1.[Ir]. The van der Waals surface area contributed by atoms with Crippen molar-refractivity contribution in [3.8, 4) is 11.3 Å². The van der Waals surface area contributed by atoms with Gasteiger partial charge in [-0.3, -0.25) is 4.79 Å². The Morgan fingerprint density at radius 2 is 2.04 bits per heavy atom. The van der Waals surface area contributed by atoms with Gasteiger partial charge in [-0.25, -0.2) is 0 Å². The summed E-state index contributed by atoms with van der Waals surface area (Å²) in [7, 11) is 0. The minimum atomic E-state index is -0.125. The standard InChI is InChI=1S/C14H10NO.C5H8O2.Ir/c1-10-7-12-8-13(15-9-14(12)16-10)11-5-3-2-4-6-11;1-4(6)3-5(2)7;/h2-5,7-9H,1H3;3,6H,1-2H3;/q-1;;/b;4-3-;. The van der Waals surface area contributed by atoms with Crippen molar-refractivity contribution in [1.29, 1.82) is 0 Å². The number of carbonyl (C=O) groups excluding carboxylic acids is 1. The second-order valence-corrected chi connectivity index (χ2v) is 5.14. The van der Waals surface area contributed by atoms with E-state index in [-0.39, 0.29) is 31.6 Å². The number of hydrogen-bond donors (Lipinski definition) is 1. The zero-order chi connectivity index (χ0) is 16.8. The monoisotopic (exact) mass is 501 g/mol. The van der Waals surface area contributed by atoms with E-state index < -0.39 is 0 Å². The largest absolute Gasteiger partial charge is 0.512 e. The molecule has 24 heavy (non-hydrogen) atoms. The average molecular weight is 501 g/mol. The molecule has 0 spiro atoms. The van der Waals surface area contributed by atoms with Crippen LogP contribution in [0.4, 0.5) is 0 Å². The minimum absolute atomic E-state index is 0. The first-order valence-corrected chi connectivity index (χ1v) is 7.17. The Labute approximate surface area is 154 Å². The molecule has 0 amide bonds. The number of benzene rings is 1. The van der Waals surface area contributed by atoms with Gasteiger partial charge in [0.05, 0.1) is 12.0 Å². The van der Waals surface area contributed by atoms with Crippen LogP contribution >= 0.6 is 0 Å². The van der Waals surface area contributed by atoms with Gasteiger partial charge in [-0.2, -0.15) is 0 Å². The van der Waals surface area contributed by atoms with Gasteiger partial charge in [0.15, 0.2) is 11.4 Å².